The number of hydrogen-bond donors (Lipinski definition) is 4. The molecule has 0 spiro atoms. The summed E-state index contributed by atoms with van der Waals surface area (Å²) in [6.45, 7) is 2.50. The molecular formula is C36H38Cl2N6O4. The van der Waals surface area contributed by atoms with Gasteiger partial charge in [0.25, 0.3) is 0 Å². The van der Waals surface area contributed by atoms with Crippen LogP contribution >= 0.6 is 23.2 Å². The van der Waals surface area contributed by atoms with E-state index >= 15 is 0 Å². The van der Waals surface area contributed by atoms with Gasteiger partial charge in [-0.25, -0.2) is 4.98 Å². The van der Waals surface area contributed by atoms with Crippen LogP contribution in [0.1, 0.15) is 36.8 Å². The molecule has 48 heavy (non-hydrogen) atoms. The van der Waals surface area contributed by atoms with Gasteiger partial charge in [-0.1, -0.05) is 47.5 Å². The van der Waals surface area contributed by atoms with Gasteiger partial charge in [-0.15, -0.1) is 0 Å². The molecule has 2 aliphatic heterocycles. The number of rotatable bonds is 13. The summed E-state index contributed by atoms with van der Waals surface area (Å²) in [4.78, 5) is 32.5. The van der Waals surface area contributed by atoms with Gasteiger partial charge in [0.1, 0.15) is 5.75 Å². The van der Waals surface area contributed by atoms with Crippen molar-refractivity contribution in [3.8, 4) is 45.3 Å². The SMILES string of the molecule is COc1cc(CNC[C@H]2CCC(=O)N2)cc(-c2nccc(-c3cccc(-c4ccc(CNC[C@@H]5CCC(=O)N5)c(OC)n4)c3Cl)c2Cl)c1. The second-order valence-corrected chi connectivity index (χ2v) is 12.7. The van der Waals surface area contributed by atoms with Gasteiger partial charge in [-0.3, -0.25) is 14.6 Å². The number of carbonyl (C=O) groups is 2. The van der Waals surface area contributed by atoms with Crippen molar-refractivity contribution in [2.24, 2.45) is 0 Å². The molecule has 6 rings (SSSR count). The van der Waals surface area contributed by atoms with Crippen LogP contribution in [0.25, 0.3) is 33.6 Å². The van der Waals surface area contributed by atoms with Gasteiger partial charge in [0.2, 0.25) is 17.7 Å². The van der Waals surface area contributed by atoms with Crippen LogP contribution in [-0.4, -0.2) is 61.2 Å². The molecule has 2 amide bonds. The lowest BCUT2D eigenvalue weighted by Gasteiger charge is -2.16. The molecule has 4 N–H and O–H groups in total. The van der Waals surface area contributed by atoms with Gasteiger partial charge in [-0.05, 0) is 48.7 Å². The summed E-state index contributed by atoms with van der Waals surface area (Å²) < 4.78 is 11.3. The Labute approximate surface area is 289 Å². The lowest BCUT2D eigenvalue weighted by molar-refractivity contribution is -0.120. The van der Waals surface area contributed by atoms with E-state index in [9.17, 15) is 9.59 Å². The van der Waals surface area contributed by atoms with Crippen LogP contribution in [0.4, 0.5) is 0 Å². The molecule has 0 saturated carbocycles. The van der Waals surface area contributed by atoms with E-state index in [0.29, 0.717) is 72.1 Å². The number of pyridine rings is 2. The zero-order valence-corrected chi connectivity index (χ0v) is 28.4. The van der Waals surface area contributed by atoms with E-state index in [0.717, 1.165) is 46.2 Å². The Morgan fingerprint density at radius 2 is 1.50 bits per heavy atom. The van der Waals surface area contributed by atoms with Gasteiger partial charge >= 0.3 is 0 Å². The van der Waals surface area contributed by atoms with Crippen LogP contribution in [0.5, 0.6) is 11.6 Å². The van der Waals surface area contributed by atoms with Crippen molar-refractivity contribution in [1.29, 1.82) is 0 Å². The predicted octanol–water partition coefficient (Wildman–Crippen LogP) is 5.54. The van der Waals surface area contributed by atoms with E-state index in [-0.39, 0.29) is 23.9 Å². The first-order chi connectivity index (χ1) is 23.3. The van der Waals surface area contributed by atoms with Gasteiger partial charge < -0.3 is 30.7 Å². The molecular weight excluding hydrogens is 651 g/mol. The summed E-state index contributed by atoms with van der Waals surface area (Å²) >= 11 is 14.2. The van der Waals surface area contributed by atoms with Crippen LogP contribution in [0.2, 0.25) is 10.0 Å². The normalized spacial score (nSPS) is 17.3. The molecule has 2 aliphatic rings. The largest absolute Gasteiger partial charge is 0.497 e. The molecule has 0 aliphatic carbocycles. The highest BCUT2D eigenvalue weighted by Gasteiger charge is 2.22. The molecule has 4 aromatic rings. The number of hydrogen-bond acceptors (Lipinski definition) is 8. The number of amides is 2. The Hall–Kier alpha value is -4.22. The first-order valence-corrected chi connectivity index (χ1v) is 16.7. The minimum atomic E-state index is 0.0973. The van der Waals surface area contributed by atoms with E-state index in [1.54, 1.807) is 20.4 Å². The maximum absolute atomic E-state index is 11.6. The first-order valence-electron chi connectivity index (χ1n) is 16.0. The van der Waals surface area contributed by atoms with Crippen LogP contribution in [0.3, 0.4) is 0 Å². The number of aromatic nitrogens is 2. The fourth-order valence-electron chi connectivity index (χ4n) is 6.17. The zero-order valence-electron chi connectivity index (χ0n) is 26.9. The van der Waals surface area contributed by atoms with Crippen molar-refractivity contribution in [2.75, 3.05) is 27.3 Å². The summed E-state index contributed by atoms with van der Waals surface area (Å²) in [5.74, 6) is 1.38. The number of benzene rings is 2. The molecule has 4 heterocycles. The summed E-state index contributed by atoms with van der Waals surface area (Å²) in [6, 6.07) is 17.7. The molecule has 2 fully saturated rings. The van der Waals surface area contributed by atoms with E-state index < -0.39 is 0 Å². The Bertz CT molecular complexity index is 1820. The lowest BCUT2D eigenvalue weighted by atomic mass is 9.99. The molecule has 2 aromatic heterocycles. The summed E-state index contributed by atoms with van der Waals surface area (Å²) in [6.07, 6.45) is 4.53. The average molecular weight is 690 g/mol. The number of nitrogens with one attached hydrogen (secondary N) is 4. The molecule has 2 atom stereocenters. The van der Waals surface area contributed by atoms with Crippen molar-refractivity contribution in [2.45, 2.75) is 50.9 Å². The highest BCUT2D eigenvalue weighted by atomic mass is 35.5. The monoisotopic (exact) mass is 688 g/mol. The summed E-state index contributed by atoms with van der Waals surface area (Å²) in [5, 5.41) is 13.7. The van der Waals surface area contributed by atoms with Crippen molar-refractivity contribution < 1.29 is 19.1 Å². The molecule has 0 bridgehead atoms. The molecule has 12 heteroatoms. The van der Waals surface area contributed by atoms with Gasteiger partial charge in [0, 0.05) is 85.1 Å². The average Bonchev–Trinajstić information content (AvgIpc) is 3.71. The molecule has 2 saturated heterocycles. The number of nitrogens with zero attached hydrogens (tertiary/aromatic N) is 2. The smallest absolute Gasteiger partial charge is 0.220 e. The molecule has 250 valence electrons. The van der Waals surface area contributed by atoms with Crippen molar-refractivity contribution in [1.82, 2.24) is 31.2 Å². The second-order valence-electron chi connectivity index (χ2n) is 12.0. The molecule has 10 nitrogen and oxygen atoms in total. The van der Waals surface area contributed by atoms with Crippen LogP contribution in [-0.2, 0) is 22.7 Å². The molecule has 0 radical (unpaired) electrons. The van der Waals surface area contributed by atoms with Crippen molar-refractivity contribution in [3.05, 3.63) is 82.0 Å². The zero-order chi connectivity index (χ0) is 33.6. The third kappa shape index (κ3) is 7.73. The topological polar surface area (TPSA) is 126 Å². The standard InChI is InChI=1S/C36H38Cl2N6O4/c1-47-26-15-21(17-39-19-24-7-10-31(45)42-24)14-23(16-26)35-34(38)28(12-13-41-35)27-4-3-5-29(33(27)37)30-9-6-22(36(44-30)48-2)18-40-20-25-8-11-32(46)43-25/h3-6,9,12-16,24-25,39-40H,7-8,10-11,17-20H2,1-2H3,(H,42,45)(H,43,46)/t24-,25+/m1/s1. The number of ether oxygens (including phenoxy) is 2. The summed E-state index contributed by atoms with van der Waals surface area (Å²) in [5.41, 5.74) is 6.20. The third-order valence-electron chi connectivity index (χ3n) is 8.66. The van der Waals surface area contributed by atoms with Gasteiger partial charge in [-0.2, -0.15) is 0 Å². The lowest BCUT2D eigenvalue weighted by Crippen LogP contribution is -2.35. The quantitative estimate of drug-likeness (QED) is 0.144. The Morgan fingerprint density at radius 3 is 2.17 bits per heavy atom. The van der Waals surface area contributed by atoms with Crippen molar-refractivity contribution in [3.63, 3.8) is 0 Å². The maximum Gasteiger partial charge on any atom is 0.220 e. The van der Waals surface area contributed by atoms with E-state index in [4.69, 9.17) is 37.7 Å². The minimum Gasteiger partial charge on any atom is -0.497 e. The highest BCUT2D eigenvalue weighted by molar-refractivity contribution is 6.39. The van der Waals surface area contributed by atoms with Crippen molar-refractivity contribution >= 4 is 35.0 Å². The number of methoxy groups -OCH3 is 2. The fraction of sp³-hybridized carbons (Fsp3) is 0.333. The summed E-state index contributed by atoms with van der Waals surface area (Å²) in [7, 11) is 3.22. The molecule has 0 unspecified atom stereocenters. The van der Waals surface area contributed by atoms with E-state index in [2.05, 4.69) is 26.3 Å². The molecule has 2 aromatic carbocycles. The number of halogens is 2. The third-order valence-corrected chi connectivity index (χ3v) is 9.45. The Kier molecular flexibility index (Phi) is 10.8. The van der Waals surface area contributed by atoms with E-state index in [1.165, 1.54) is 0 Å². The number of carbonyl (C=O) groups excluding carboxylic acids is 2. The Balaban J connectivity index is 1.23. The maximum atomic E-state index is 11.6. The Morgan fingerprint density at radius 1 is 0.812 bits per heavy atom. The second kappa shape index (κ2) is 15.3. The van der Waals surface area contributed by atoms with E-state index in [1.807, 2.05) is 54.6 Å². The fourth-order valence-corrected chi connectivity index (χ4v) is 6.82. The highest BCUT2D eigenvalue weighted by Crippen LogP contribution is 2.42. The first kappa shape index (κ1) is 33.7. The van der Waals surface area contributed by atoms with Gasteiger partial charge in [0.05, 0.1) is 35.7 Å². The minimum absolute atomic E-state index is 0.0973. The predicted molar refractivity (Wildman–Crippen MR) is 187 cm³/mol. The van der Waals surface area contributed by atoms with Crippen LogP contribution in [0, 0.1) is 0 Å². The van der Waals surface area contributed by atoms with Crippen LogP contribution < -0.4 is 30.7 Å². The van der Waals surface area contributed by atoms with Gasteiger partial charge in [0.15, 0.2) is 0 Å². The van der Waals surface area contributed by atoms with Crippen LogP contribution in [0.15, 0.2) is 60.8 Å².